The monoisotopic (exact) mass is 348 g/mol. The van der Waals surface area contributed by atoms with E-state index in [4.69, 9.17) is 14.2 Å². The van der Waals surface area contributed by atoms with E-state index in [2.05, 4.69) is 0 Å². The highest BCUT2D eigenvalue weighted by atomic mass is 32.1. The predicted octanol–water partition coefficient (Wildman–Crippen LogP) is 4.17. The van der Waals surface area contributed by atoms with Crippen molar-refractivity contribution in [1.29, 1.82) is 0 Å². The van der Waals surface area contributed by atoms with E-state index in [1.807, 2.05) is 19.1 Å². The van der Waals surface area contributed by atoms with Crippen LogP contribution in [0.2, 0.25) is 0 Å². The number of ether oxygens (including phenoxy) is 3. The number of thiophene rings is 1. The largest absolute Gasteiger partial charge is 0.496 e. The van der Waals surface area contributed by atoms with Gasteiger partial charge in [-0.05, 0) is 42.3 Å². The highest BCUT2D eigenvalue weighted by Crippen LogP contribution is 2.32. The number of hydrogen-bond acceptors (Lipinski definition) is 6. The first-order chi connectivity index (χ1) is 11.6. The zero-order chi connectivity index (χ0) is 17.5. The molecule has 0 radical (unpaired) electrons. The van der Waals surface area contributed by atoms with Crippen LogP contribution < -0.4 is 4.74 Å². The SMILES string of the molecule is CCCCOC(=O)c1ccc(-c2ccc(OC)c(C(=O)OC)c2)s1. The van der Waals surface area contributed by atoms with Crippen LogP contribution in [0.3, 0.4) is 0 Å². The van der Waals surface area contributed by atoms with Crippen LogP contribution in [0, 0.1) is 0 Å². The van der Waals surface area contributed by atoms with E-state index in [0.717, 1.165) is 23.3 Å². The molecule has 0 saturated heterocycles. The fourth-order valence-corrected chi connectivity index (χ4v) is 3.01. The number of esters is 2. The normalized spacial score (nSPS) is 10.3. The van der Waals surface area contributed by atoms with Gasteiger partial charge in [0.05, 0.1) is 20.8 Å². The Kier molecular flexibility index (Phi) is 6.37. The average molecular weight is 348 g/mol. The Balaban J connectivity index is 2.23. The summed E-state index contributed by atoms with van der Waals surface area (Å²) in [6, 6.07) is 8.81. The van der Waals surface area contributed by atoms with Crippen LogP contribution in [0.1, 0.15) is 39.8 Å². The third kappa shape index (κ3) is 4.14. The maximum absolute atomic E-state index is 12.0. The molecule has 0 fully saturated rings. The lowest BCUT2D eigenvalue weighted by Gasteiger charge is -2.08. The second-order valence-corrected chi connectivity index (χ2v) is 6.14. The van der Waals surface area contributed by atoms with Gasteiger partial charge in [0.25, 0.3) is 0 Å². The first-order valence-electron chi connectivity index (χ1n) is 7.64. The lowest BCUT2D eigenvalue weighted by atomic mass is 10.1. The van der Waals surface area contributed by atoms with Gasteiger partial charge >= 0.3 is 11.9 Å². The molecule has 0 saturated carbocycles. The van der Waals surface area contributed by atoms with Crippen molar-refractivity contribution in [3.05, 3.63) is 40.8 Å². The van der Waals surface area contributed by atoms with Crippen molar-refractivity contribution in [3.8, 4) is 16.2 Å². The Morgan fingerprint density at radius 1 is 1.08 bits per heavy atom. The molecule has 24 heavy (non-hydrogen) atoms. The highest BCUT2D eigenvalue weighted by Gasteiger charge is 2.16. The van der Waals surface area contributed by atoms with Crippen LogP contribution in [-0.2, 0) is 9.47 Å². The molecule has 5 nitrogen and oxygen atoms in total. The van der Waals surface area contributed by atoms with E-state index in [1.165, 1.54) is 25.6 Å². The molecule has 0 bridgehead atoms. The first-order valence-corrected chi connectivity index (χ1v) is 8.46. The molecular formula is C18H20O5S. The number of unbranched alkanes of at least 4 members (excludes halogenated alkanes) is 1. The van der Waals surface area contributed by atoms with Crippen molar-refractivity contribution >= 4 is 23.3 Å². The standard InChI is InChI=1S/C18H20O5S/c1-4-5-10-23-18(20)16-9-8-15(24-16)12-6-7-14(21-2)13(11-12)17(19)22-3/h6-9,11H,4-5,10H2,1-3H3. The molecule has 0 aliphatic carbocycles. The molecular weight excluding hydrogens is 328 g/mol. The third-order valence-corrected chi connectivity index (χ3v) is 4.54. The van der Waals surface area contributed by atoms with Gasteiger partial charge in [0.15, 0.2) is 0 Å². The van der Waals surface area contributed by atoms with E-state index in [0.29, 0.717) is 22.8 Å². The number of carbonyl (C=O) groups is 2. The zero-order valence-electron chi connectivity index (χ0n) is 14.0. The van der Waals surface area contributed by atoms with Gasteiger partial charge in [0.2, 0.25) is 0 Å². The zero-order valence-corrected chi connectivity index (χ0v) is 14.8. The Bertz CT molecular complexity index is 720. The molecule has 1 heterocycles. The van der Waals surface area contributed by atoms with E-state index in [-0.39, 0.29) is 5.97 Å². The van der Waals surface area contributed by atoms with Crippen molar-refractivity contribution in [2.24, 2.45) is 0 Å². The Hall–Kier alpha value is -2.34. The first kappa shape index (κ1) is 18.0. The van der Waals surface area contributed by atoms with Crippen molar-refractivity contribution in [2.45, 2.75) is 19.8 Å². The summed E-state index contributed by atoms with van der Waals surface area (Å²) in [5, 5.41) is 0. The molecule has 0 N–H and O–H groups in total. The molecule has 2 aromatic rings. The fraction of sp³-hybridized carbons (Fsp3) is 0.333. The van der Waals surface area contributed by atoms with Crippen LogP contribution in [-0.4, -0.2) is 32.8 Å². The van der Waals surface area contributed by atoms with Crippen molar-refractivity contribution in [1.82, 2.24) is 0 Å². The van der Waals surface area contributed by atoms with Crippen LogP contribution in [0.5, 0.6) is 5.75 Å². The summed E-state index contributed by atoms with van der Waals surface area (Å²) in [6.07, 6.45) is 1.83. The van der Waals surface area contributed by atoms with Gasteiger partial charge in [-0.3, -0.25) is 0 Å². The predicted molar refractivity (Wildman–Crippen MR) is 92.8 cm³/mol. The minimum Gasteiger partial charge on any atom is -0.496 e. The van der Waals surface area contributed by atoms with Gasteiger partial charge in [0, 0.05) is 4.88 Å². The van der Waals surface area contributed by atoms with E-state index in [1.54, 1.807) is 18.2 Å². The number of benzene rings is 1. The molecule has 0 spiro atoms. The summed E-state index contributed by atoms with van der Waals surface area (Å²) in [6.45, 7) is 2.47. The minimum atomic E-state index is -0.468. The quantitative estimate of drug-likeness (QED) is 0.555. The van der Waals surface area contributed by atoms with Gasteiger partial charge < -0.3 is 14.2 Å². The molecule has 0 aliphatic rings. The van der Waals surface area contributed by atoms with E-state index < -0.39 is 5.97 Å². The minimum absolute atomic E-state index is 0.318. The Morgan fingerprint density at radius 3 is 2.54 bits per heavy atom. The molecule has 0 atom stereocenters. The van der Waals surface area contributed by atoms with Crippen molar-refractivity contribution in [3.63, 3.8) is 0 Å². The van der Waals surface area contributed by atoms with Crippen LogP contribution in [0.15, 0.2) is 30.3 Å². The highest BCUT2D eigenvalue weighted by molar-refractivity contribution is 7.17. The summed E-state index contributed by atoms with van der Waals surface area (Å²) in [4.78, 5) is 25.2. The van der Waals surface area contributed by atoms with E-state index >= 15 is 0 Å². The third-order valence-electron chi connectivity index (χ3n) is 3.43. The summed E-state index contributed by atoms with van der Waals surface area (Å²) in [5.41, 5.74) is 1.16. The Labute approximate surface area is 145 Å². The molecule has 0 unspecified atom stereocenters. The lowest BCUT2D eigenvalue weighted by Crippen LogP contribution is -2.04. The molecule has 128 valence electrons. The Morgan fingerprint density at radius 2 is 1.88 bits per heavy atom. The number of rotatable bonds is 7. The maximum Gasteiger partial charge on any atom is 0.348 e. The number of hydrogen-bond donors (Lipinski definition) is 0. The van der Waals surface area contributed by atoms with Gasteiger partial charge in [0.1, 0.15) is 16.2 Å². The van der Waals surface area contributed by atoms with Gasteiger partial charge in [-0.15, -0.1) is 11.3 Å². The molecule has 0 amide bonds. The summed E-state index contributed by atoms with van der Waals surface area (Å²) in [5.74, 6) is -0.341. The molecule has 1 aromatic carbocycles. The van der Waals surface area contributed by atoms with Gasteiger partial charge in [-0.25, -0.2) is 9.59 Å². The average Bonchev–Trinajstić information content (AvgIpc) is 3.10. The van der Waals surface area contributed by atoms with Crippen molar-refractivity contribution in [2.75, 3.05) is 20.8 Å². The lowest BCUT2D eigenvalue weighted by molar-refractivity contribution is 0.0504. The molecule has 6 heteroatoms. The summed E-state index contributed by atoms with van der Waals surface area (Å²) >= 11 is 1.33. The molecule has 2 rings (SSSR count). The number of carbonyl (C=O) groups excluding carboxylic acids is 2. The molecule has 1 aromatic heterocycles. The second kappa shape index (κ2) is 8.49. The van der Waals surface area contributed by atoms with Crippen LogP contribution in [0.4, 0.5) is 0 Å². The number of methoxy groups -OCH3 is 2. The summed E-state index contributed by atoms with van der Waals surface area (Å²) < 4.78 is 15.2. The van der Waals surface area contributed by atoms with Gasteiger partial charge in [-0.2, -0.15) is 0 Å². The van der Waals surface area contributed by atoms with E-state index in [9.17, 15) is 9.59 Å². The van der Waals surface area contributed by atoms with Gasteiger partial charge in [-0.1, -0.05) is 13.3 Å². The van der Waals surface area contributed by atoms with Crippen LogP contribution in [0.25, 0.3) is 10.4 Å². The maximum atomic E-state index is 12.0. The fourth-order valence-electron chi connectivity index (χ4n) is 2.11. The summed E-state index contributed by atoms with van der Waals surface area (Å²) in [7, 11) is 2.82. The topological polar surface area (TPSA) is 61.8 Å². The van der Waals surface area contributed by atoms with Crippen LogP contribution >= 0.6 is 11.3 Å². The second-order valence-electron chi connectivity index (χ2n) is 5.06. The smallest absolute Gasteiger partial charge is 0.348 e. The van der Waals surface area contributed by atoms with Crippen molar-refractivity contribution < 1.29 is 23.8 Å². The molecule has 0 aliphatic heterocycles.